The maximum Gasteiger partial charge on any atom is 0.285 e. The summed E-state index contributed by atoms with van der Waals surface area (Å²) in [5, 5.41) is 14.1. The number of anilines is 1. The van der Waals surface area contributed by atoms with E-state index in [1.54, 1.807) is 12.1 Å². The van der Waals surface area contributed by atoms with Crippen LogP contribution in [0.5, 0.6) is 0 Å². The standard InChI is InChI=1S/C13H15BrN2O2/c14-12-7-6-11(8-13(12)16(17)18)15-9-10-4-2-1-3-5-10/h1-2,6-8,10,15H,3-5,9H2. The van der Waals surface area contributed by atoms with Crippen LogP contribution in [-0.2, 0) is 0 Å². The maximum atomic E-state index is 10.8. The Kier molecular flexibility index (Phi) is 4.36. The maximum absolute atomic E-state index is 10.8. The van der Waals surface area contributed by atoms with Crippen LogP contribution >= 0.6 is 15.9 Å². The molecule has 4 nitrogen and oxygen atoms in total. The van der Waals surface area contributed by atoms with Gasteiger partial charge in [-0.25, -0.2) is 0 Å². The molecule has 0 amide bonds. The van der Waals surface area contributed by atoms with Crippen LogP contribution in [0.4, 0.5) is 11.4 Å². The largest absolute Gasteiger partial charge is 0.385 e. The SMILES string of the molecule is O=[N+]([O-])c1cc(NCC2CC=CCC2)ccc1Br. The summed E-state index contributed by atoms with van der Waals surface area (Å²) >= 11 is 3.18. The molecule has 0 saturated heterocycles. The molecule has 1 aliphatic rings. The highest BCUT2D eigenvalue weighted by molar-refractivity contribution is 9.10. The molecule has 1 aromatic rings. The predicted octanol–water partition coefficient (Wildman–Crippen LogP) is 4.13. The van der Waals surface area contributed by atoms with E-state index in [-0.39, 0.29) is 10.6 Å². The van der Waals surface area contributed by atoms with E-state index in [0.29, 0.717) is 10.4 Å². The van der Waals surface area contributed by atoms with Crippen molar-refractivity contribution >= 4 is 27.3 Å². The summed E-state index contributed by atoms with van der Waals surface area (Å²) in [6.45, 7) is 0.864. The van der Waals surface area contributed by atoms with Gasteiger partial charge in [0, 0.05) is 18.3 Å². The Labute approximate surface area is 114 Å². The molecule has 0 aromatic heterocycles. The average molecular weight is 311 g/mol. The van der Waals surface area contributed by atoms with E-state index < -0.39 is 0 Å². The zero-order valence-corrected chi connectivity index (χ0v) is 11.5. The van der Waals surface area contributed by atoms with Gasteiger partial charge in [0.05, 0.1) is 9.40 Å². The minimum Gasteiger partial charge on any atom is -0.385 e. The van der Waals surface area contributed by atoms with Crippen molar-refractivity contribution in [3.8, 4) is 0 Å². The number of nitro benzene ring substituents is 1. The first-order valence-electron chi connectivity index (χ1n) is 5.99. The van der Waals surface area contributed by atoms with Crippen molar-refractivity contribution in [2.75, 3.05) is 11.9 Å². The van der Waals surface area contributed by atoms with Crippen LogP contribution in [0.25, 0.3) is 0 Å². The lowest BCUT2D eigenvalue weighted by atomic mass is 9.94. The molecule has 18 heavy (non-hydrogen) atoms. The first-order chi connectivity index (χ1) is 8.66. The van der Waals surface area contributed by atoms with Crippen molar-refractivity contribution < 1.29 is 4.92 Å². The highest BCUT2D eigenvalue weighted by Crippen LogP contribution is 2.28. The summed E-state index contributed by atoms with van der Waals surface area (Å²) in [5.74, 6) is 0.623. The van der Waals surface area contributed by atoms with Crippen molar-refractivity contribution in [1.82, 2.24) is 0 Å². The molecule has 0 heterocycles. The molecule has 1 aromatic carbocycles. The number of nitrogens with one attached hydrogen (secondary N) is 1. The quantitative estimate of drug-likeness (QED) is 0.517. The second kappa shape index (κ2) is 6.00. The van der Waals surface area contributed by atoms with E-state index in [4.69, 9.17) is 0 Å². The molecule has 0 spiro atoms. The van der Waals surface area contributed by atoms with Gasteiger partial charge in [-0.05, 0) is 53.2 Å². The van der Waals surface area contributed by atoms with E-state index in [9.17, 15) is 10.1 Å². The fourth-order valence-electron chi connectivity index (χ4n) is 2.07. The topological polar surface area (TPSA) is 55.2 Å². The molecule has 1 N–H and O–H groups in total. The third-order valence-electron chi connectivity index (χ3n) is 3.12. The molecule has 96 valence electrons. The number of allylic oxidation sites excluding steroid dienone is 2. The van der Waals surface area contributed by atoms with Crippen molar-refractivity contribution in [3.63, 3.8) is 0 Å². The number of nitro groups is 1. The van der Waals surface area contributed by atoms with Gasteiger partial charge < -0.3 is 5.32 Å². The predicted molar refractivity (Wildman–Crippen MR) is 75.8 cm³/mol. The normalized spacial score (nSPS) is 18.6. The van der Waals surface area contributed by atoms with Gasteiger partial charge in [0.2, 0.25) is 0 Å². The highest BCUT2D eigenvalue weighted by atomic mass is 79.9. The Morgan fingerprint density at radius 1 is 1.44 bits per heavy atom. The summed E-state index contributed by atoms with van der Waals surface area (Å²) < 4.78 is 0.513. The molecule has 0 aliphatic heterocycles. The molecule has 1 unspecified atom stereocenters. The van der Waals surface area contributed by atoms with Crippen LogP contribution < -0.4 is 5.32 Å². The summed E-state index contributed by atoms with van der Waals surface area (Å²) in [6.07, 6.45) is 7.82. The molecular weight excluding hydrogens is 296 g/mol. The Balaban J connectivity index is 1.99. The Morgan fingerprint density at radius 2 is 2.28 bits per heavy atom. The zero-order valence-electron chi connectivity index (χ0n) is 9.93. The molecular formula is C13H15BrN2O2. The zero-order chi connectivity index (χ0) is 13.0. The lowest BCUT2D eigenvalue weighted by Gasteiger charge is -2.18. The van der Waals surface area contributed by atoms with Crippen molar-refractivity contribution in [1.29, 1.82) is 0 Å². The molecule has 2 rings (SSSR count). The van der Waals surface area contributed by atoms with Gasteiger partial charge in [0.1, 0.15) is 0 Å². The molecule has 5 heteroatoms. The monoisotopic (exact) mass is 310 g/mol. The number of rotatable bonds is 4. The smallest absolute Gasteiger partial charge is 0.285 e. The van der Waals surface area contributed by atoms with Crippen LogP contribution in [0.3, 0.4) is 0 Å². The summed E-state index contributed by atoms with van der Waals surface area (Å²) in [6, 6.07) is 5.14. The fraction of sp³-hybridized carbons (Fsp3) is 0.385. The van der Waals surface area contributed by atoms with Gasteiger partial charge in [-0.15, -0.1) is 0 Å². The van der Waals surface area contributed by atoms with Crippen LogP contribution in [-0.4, -0.2) is 11.5 Å². The molecule has 0 fully saturated rings. The number of hydrogen-bond donors (Lipinski definition) is 1. The van der Waals surface area contributed by atoms with Gasteiger partial charge >= 0.3 is 0 Å². The number of nitrogens with zero attached hydrogens (tertiary/aromatic N) is 1. The molecule has 1 aliphatic carbocycles. The minimum absolute atomic E-state index is 0.100. The fourth-order valence-corrected chi connectivity index (χ4v) is 2.46. The van der Waals surface area contributed by atoms with Crippen molar-refractivity contribution in [2.45, 2.75) is 19.3 Å². The Hall–Kier alpha value is -1.36. The van der Waals surface area contributed by atoms with Crippen LogP contribution in [0.15, 0.2) is 34.8 Å². The third kappa shape index (κ3) is 3.32. The second-order valence-corrected chi connectivity index (χ2v) is 5.31. The summed E-state index contributed by atoms with van der Waals surface area (Å²) in [4.78, 5) is 10.4. The van der Waals surface area contributed by atoms with Crippen LogP contribution in [0.1, 0.15) is 19.3 Å². The second-order valence-electron chi connectivity index (χ2n) is 4.45. The van der Waals surface area contributed by atoms with E-state index in [1.807, 2.05) is 6.07 Å². The van der Waals surface area contributed by atoms with Crippen molar-refractivity contribution in [3.05, 3.63) is 44.9 Å². The minimum atomic E-state index is -0.376. The van der Waals surface area contributed by atoms with Gasteiger partial charge in [-0.2, -0.15) is 0 Å². The molecule has 0 bridgehead atoms. The van der Waals surface area contributed by atoms with Gasteiger partial charge in [-0.3, -0.25) is 10.1 Å². The van der Waals surface area contributed by atoms with Crippen LogP contribution in [0, 0.1) is 16.0 Å². The van der Waals surface area contributed by atoms with E-state index >= 15 is 0 Å². The summed E-state index contributed by atoms with van der Waals surface area (Å²) in [7, 11) is 0. The lowest BCUT2D eigenvalue weighted by molar-refractivity contribution is -0.385. The first-order valence-corrected chi connectivity index (χ1v) is 6.79. The number of benzene rings is 1. The number of hydrogen-bond acceptors (Lipinski definition) is 3. The lowest BCUT2D eigenvalue weighted by Crippen LogP contribution is -2.15. The van der Waals surface area contributed by atoms with E-state index in [0.717, 1.165) is 25.1 Å². The highest BCUT2D eigenvalue weighted by Gasteiger charge is 2.13. The average Bonchev–Trinajstić information content (AvgIpc) is 2.38. The van der Waals surface area contributed by atoms with E-state index in [2.05, 4.69) is 33.4 Å². The third-order valence-corrected chi connectivity index (χ3v) is 3.79. The van der Waals surface area contributed by atoms with Gasteiger partial charge in [-0.1, -0.05) is 12.2 Å². The van der Waals surface area contributed by atoms with Gasteiger partial charge in [0.15, 0.2) is 0 Å². The molecule has 0 radical (unpaired) electrons. The van der Waals surface area contributed by atoms with E-state index in [1.165, 1.54) is 6.42 Å². The first kappa shape index (κ1) is 13.1. The molecule has 1 atom stereocenters. The Morgan fingerprint density at radius 3 is 2.94 bits per heavy atom. The van der Waals surface area contributed by atoms with Crippen LogP contribution in [0.2, 0.25) is 0 Å². The molecule has 0 saturated carbocycles. The number of halogens is 1. The van der Waals surface area contributed by atoms with Gasteiger partial charge in [0.25, 0.3) is 5.69 Å². The Bertz CT molecular complexity index is 474. The van der Waals surface area contributed by atoms with Crippen molar-refractivity contribution in [2.24, 2.45) is 5.92 Å². The summed E-state index contributed by atoms with van der Waals surface area (Å²) in [5.41, 5.74) is 0.906.